The van der Waals surface area contributed by atoms with E-state index in [0.29, 0.717) is 18.5 Å². The minimum absolute atomic E-state index is 0.179. The Hall–Kier alpha value is -1.88. The van der Waals surface area contributed by atoms with Gasteiger partial charge in [-0.3, -0.25) is 4.79 Å². The highest BCUT2D eigenvalue weighted by Crippen LogP contribution is 2.30. The molecule has 1 heterocycles. The second-order valence-corrected chi connectivity index (χ2v) is 5.22. The molecule has 1 aliphatic heterocycles. The predicted octanol–water partition coefficient (Wildman–Crippen LogP) is 1.32. The van der Waals surface area contributed by atoms with Crippen LogP contribution in [0.1, 0.15) is 31.4 Å². The fourth-order valence-electron chi connectivity index (χ4n) is 2.62. The maximum absolute atomic E-state index is 12.5. The minimum atomic E-state index is -1.04. The predicted molar refractivity (Wildman–Crippen MR) is 75.2 cm³/mol. The molecule has 20 heavy (non-hydrogen) atoms. The first-order chi connectivity index (χ1) is 9.59. The van der Waals surface area contributed by atoms with Crippen molar-refractivity contribution in [3.05, 3.63) is 35.9 Å². The highest BCUT2D eigenvalue weighted by atomic mass is 16.4. The summed E-state index contributed by atoms with van der Waals surface area (Å²) >= 11 is 0. The Morgan fingerprint density at radius 3 is 2.60 bits per heavy atom. The van der Waals surface area contributed by atoms with Crippen LogP contribution in [0.2, 0.25) is 0 Å². The van der Waals surface area contributed by atoms with Crippen LogP contribution in [0.25, 0.3) is 0 Å². The maximum Gasteiger partial charge on any atom is 0.330 e. The monoisotopic (exact) mass is 276 g/mol. The van der Waals surface area contributed by atoms with Crippen molar-refractivity contribution < 1.29 is 14.7 Å². The number of carboxylic acids is 1. The lowest BCUT2D eigenvalue weighted by molar-refractivity contribution is -0.144. The molecule has 0 aliphatic carbocycles. The number of hydrogen-bond donors (Lipinski definition) is 3. The van der Waals surface area contributed by atoms with Crippen molar-refractivity contribution in [2.45, 2.75) is 25.8 Å². The van der Waals surface area contributed by atoms with E-state index in [9.17, 15) is 14.7 Å². The van der Waals surface area contributed by atoms with Crippen molar-refractivity contribution in [1.29, 1.82) is 0 Å². The third-order valence-corrected chi connectivity index (χ3v) is 4.06. The fraction of sp³-hybridized carbons (Fsp3) is 0.467. The van der Waals surface area contributed by atoms with Crippen molar-refractivity contribution in [3.63, 3.8) is 0 Å². The largest absolute Gasteiger partial charge is 0.479 e. The van der Waals surface area contributed by atoms with Gasteiger partial charge in [0.15, 0.2) is 6.04 Å². The van der Waals surface area contributed by atoms with Crippen molar-refractivity contribution in [2.24, 2.45) is 5.41 Å². The Morgan fingerprint density at radius 2 is 2.10 bits per heavy atom. The zero-order valence-corrected chi connectivity index (χ0v) is 11.6. The summed E-state index contributed by atoms with van der Waals surface area (Å²) in [5.74, 6) is -1.22. The summed E-state index contributed by atoms with van der Waals surface area (Å²) < 4.78 is 0. The average Bonchev–Trinajstić information content (AvgIpc) is 2.95. The second-order valence-electron chi connectivity index (χ2n) is 5.22. The molecule has 5 nitrogen and oxygen atoms in total. The van der Waals surface area contributed by atoms with Crippen LogP contribution >= 0.6 is 0 Å². The van der Waals surface area contributed by atoms with Crippen LogP contribution in [0.4, 0.5) is 0 Å². The van der Waals surface area contributed by atoms with Crippen molar-refractivity contribution in [3.8, 4) is 0 Å². The fourth-order valence-corrected chi connectivity index (χ4v) is 2.62. The van der Waals surface area contributed by atoms with E-state index < -0.39 is 17.4 Å². The number of carboxylic acid groups (broad SMARTS) is 1. The summed E-state index contributed by atoms with van der Waals surface area (Å²) in [7, 11) is 0. The number of carbonyl (C=O) groups is 2. The van der Waals surface area contributed by atoms with Gasteiger partial charge < -0.3 is 15.7 Å². The number of aliphatic carboxylic acids is 1. The van der Waals surface area contributed by atoms with E-state index >= 15 is 0 Å². The lowest BCUT2D eigenvalue weighted by Gasteiger charge is -2.27. The van der Waals surface area contributed by atoms with Gasteiger partial charge in [-0.05, 0) is 24.9 Å². The summed E-state index contributed by atoms with van der Waals surface area (Å²) in [6.07, 6.45) is 1.45. The average molecular weight is 276 g/mol. The van der Waals surface area contributed by atoms with E-state index in [1.54, 1.807) is 24.3 Å². The molecule has 1 amide bonds. The van der Waals surface area contributed by atoms with Gasteiger partial charge in [0.05, 0.1) is 5.41 Å². The first kappa shape index (κ1) is 14.5. The van der Waals surface area contributed by atoms with Gasteiger partial charge in [0.1, 0.15) is 0 Å². The molecule has 1 aromatic carbocycles. The molecule has 2 rings (SSSR count). The Balaban J connectivity index is 2.17. The lowest BCUT2D eigenvalue weighted by Crippen LogP contribution is -2.45. The zero-order valence-electron chi connectivity index (χ0n) is 11.6. The molecular weight excluding hydrogens is 256 g/mol. The molecule has 1 fully saturated rings. The van der Waals surface area contributed by atoms with Crippen LogP contribution in [0.5, 0.6) is 0 Å². The molecule has 1 aliphatic rings. The third-order valence-electron chi connectivity index (χ3n) is 4.06. The van der Waals surface area contributed by atoms with Crippen molar-refractivity contribution in [2.75, 3.05) is 13.1 Å². The van der Waals surface area contributed by atoms with Gasteiger partial charge >= 0.3 is 5.97 Å². The van der Waals surface area contributed by atoms with E-state index in [1.165, 1.54) is 0 Å². The number of hydrogen-bond acceptors (Lipinski definition) is 3. The summed E-state index contributed by atoms with van der Waals surface area (Å²) in [5, 5.41) is 15.2. The zero-order chi connectivity index (χ0) is 14.6. The third kappa shape index (κ3) is 2.82. The molecule has 3 N–H and O–H groups in total. The summed E-state index contributed by atoms with van der Waals surface area (Å²) in [4.78, 5) is 23.9. The lowest BCUT2D eigenvalue weighted by atomic mass is 9.83. The molecule has 1 unspecified atom stereocenters. The topological polar surface area (TPSA) is 78.4 Å². The molecule has 108 valence electrons. The van der Waals surface area contributed by atoms with Crippen LogP contribution in [-0.4, -0.2) is 30.1 Å². The maximum atomic E-state index is 12.5. The Kier molecular flexibility index (Phi) is 4.39. The van der Waals surface area contributed by atoms with E-state index in [4.69, 9.17) is 0 Å². The second kappa shape index (κ2) is 6.05. The quantitative estimate of drug-likeness (QED) is 0.758. The highest BCUT2D eigenvalue weighted by molar-refractivity contribution is 5.88. The summed E-state index contributed by atoms with van der Waals surface area (Å²) in [5.41, 5.74) is 0.105. The number of nitrogens with one attached hydrogen (secondary N) is 2. The van der Waals surface area contributed by atoms with Crippen LogP contribution < -0.4 is 10.6 Å². The Bertz CT molecular complexity index is 481. The minimum Gasteiger partial charge on any atom is -0.479 e. The molecule has 0 saturated carbocycles. The molecule has 5 heteroatoms. The Labute approximate surface area is 118 Å². The molecule has 1 aromatic rings. The van der Waals surface area contributed by atoms with Crippen LogP contribution in [-0.2, 0) is 9.59 Å². The standard InChI is InChI=1S/C15H20N2O3/c1-2-15(8-9-16-10-15)14(20)17-12(13(18)19)11-6-4-3-5-7-11/h3-7,12,16H,2,8-10H2,1H3,(H,17,20)(H,18,19)/t12-,15?/m0/s1. The van der Waals surface area contributed by atoms with E-state index in [-0.39, 0.29) is 5.91 Å². The van der Waals surface area contributed by atoms with Gasteiger partial charge in [0.25, 0.3) is 0 Å². The first-order valence-electron chi connectivity index (χ1n) is 6.88. The molecule has 0 bridgehead atoms. The number of amides is 1. The Morgan fingerprint density at radius 1 is 1.40 bits per heavy atom. The van der Waals surface area contributed by atoms with Gasteiger partial charge in [0.2, 0.25) is 5.91 Å². The molecule has 1 saturated heterocycles. The van der Waals surface area contributed by atoms with E-state index in [1.807, 2.05) is 13.0 Å². The molecular formula is C15H20N2O3. The molecule has 0 radical (unpaired) electrons. The normalized spacial score (nSPS) is 23.2. The van der Waals surface area contributed by atoms with Gasteiger partial charge in [-0.25, -0.2) is 4.79 Å². The van der Waals surface area contributed by atoms with Gasteiger partial charge in [-0.15, -0.1) is 0 Å². The summed E-state index contributed by atoms with van der Waals surface area (Å²) in [6, 6.07) is 7.79. The number of rotatable bonds is 5. The van der Waals surface area contributed by atoms with Crippen molar-refractivity contribution in [1.82, 2.24) is 10.6 Å². The number of carbonyl (C=O) groups excluding carboxylic acids is 1. The van der Waals surface area contributed by atoms with E-state index in [2.05, 4.69) is 10.6 Å². The van der Waals surface area contributed by atoms with Crippen LogP contribution in [0.3, 0.4) is 0 Å². The first-order valence-corrected chi connectivity index (χ1v) is 6.88. The van der Waals surface area contributed by atoms with Crippen LogP contribution in [0, 0.1) is 5.41 Å². The SMILES string of the molecule is CCC1(C(=O)N[C@H](C(=O)O)c2ccccc2)CCNC1. The van der Waals surface area contributed by atoms with Gasteiger partial charge in [0, 0.05) is 6.54 Å². The van der Waals surface area contributed by atoms with Crippen molar-refractivity contribution >= 4 is 11.9 Å². The highest BCUT2D eigenvalue weighted by Gasteiger charge is 2.41. The smallest absolute Gasteiger partial charge is 0.330 e. The molecule has 0 spiro atoms. The number of benzene rings is 1. The van der Waals surface area contributed by atoms with Gasteiger partial charge in [-0.1, -0.05) is 37.3 Å². The van der Waals surface area contributed by atoms with Gasteiger partial charge in [-0.2, -0.15) is 0 Å². The molecule has 0 aromatic heterocycles. The van der Waals surface area contributed by atoms with Crippen LogP contribution in [0.15, 0.2) is 30.3 Å². The summed E-state index contributed by atoms with van der Waals surface area (Å²) in [6.45, 7) is 3.37. The van der Waals surface area contributed by atoms with E-state index in [0.717, 1.165) is 13.0 Å². The molecule has 2 atom stereocenters.